The lowest BCUT2D eigenvalue weighted by Gasteiger charge is -2.08. The van der Waals surface area contributed by atoms with E-state index in [1.165, 1.54) is 11.8 Å². The molecule has 0 aliphatic rings. The van der Waals surface area contributed by atoms with Gasteiger partial charge in [-0.15, -0.1) is 10.2 Å². The number of hydrogen-bond donors (Lipinski definition) is 1. The van der Waals surface area contributed by atoms with Crippen molar-refractivity contribution in [2.24, 2.45) is 0 Å². The van der Waals surface area contributed by atoms with E-state index in [0.717, 1.165) is 27.9 Å². The van der Waals surface area contributed by atoms with E-state index in [0.29, 0.717) is 15.9 Å². The van der Waals surface area contributed by atoms with E-state index < -0.39 is 0 Å². The van der Waals surface area contributed by atoms with Gasteiger partial charge in [-0.1, -0.05) is 23.4 Å². The Morgan fingerprint density at radius 1 is 1.18 bits per heavy atom. The zero-order chi connectivity index (χ0) is 19.7. The quantitative estimate of drug-likeness (QED) is 0.486. The van der Waals surface area contributed by atoms with Crippen LogP contribution in [0.25, 0.3) is 16.6 Å². The van der Waals surface area contributed by atoms with Gasteiger partial charge in [0.1, 0.15) is 5.75 Å². The van der Waals surface area contributed by atoms with Crippen LogP contribution in [0.4, 0.5) is 5.69 Å². The molecule has 1 amide bonds. The first kappa shape index (κ1) is 18.6. The molecule has 0 atom stereocenters. The Balaban J connectivity index is 1.55. The van der Waals surface area contributed by atoms with Gasteiger partial charge in [-0.05, 0) is 61.0 Å². The third kappa shape index (κ3) is 3.63. The first-order chi connectivity index (χ1) is 13.5. The lowest BCUT2D eigenvalue weighted by molar-refractivity contribution is -0.113. The molecule has 4 aromatic rings. The molecule has 0 radical (unpaired) electrons. The van der Waals surface area contributed by atoms with E-state index in [-0.39, 0.29) is 11.7 Å². The molecule has 2 aromatic carbocycles. The average molecular weight is 413 g/mol. The Morgan fingerprint density at radius 2 is 1.96 bits per heavy atom. The Hall–Kier alpha value is -2.77. The van der Waals surface area contributed by atoms with Crippen LogP contribution in [0.2, 0.25) is 5.02 Å². The summed E-state index contributed by atoms with van der Waals surface area (Å²) < 4.78 is 7.07. The summed E-state index contributed by atoms with van der Waals surface area (Å²) in [5, 5.41) is 13.7. The Bertz CT molecular complexity index is 1170. The first-order valence-electron chi connectivity index (χ1n) is 8.56. The maximum absolute atomic E-state index is 12.3. The number of methoxy groups -OCH3 is 1. The van der Waals surface area contributed by atoms with Crippen molar-refractivity contribution in [3.8, 4) is 5.75 Å². The van der Waals surface area contributed by atoms with Crippen LogP contribution in [0.3, 0.4) is 0 Å². The Labute approximate surface area is 170 Å². The zero-order valence-corrected chi connectivity index (χ0v) is 16.8. The fourth-order valence-corrected chi connectivity index (χ4v) is 3.91. The molecule has 6 nitrogen and oxygen atoms in total. The summed E-state index contributed by atoms with van der Waals surface area (Å²) in [5.74, 6) is 0.839. The number of aryl methyl sites for hydroxylation is 1. The number of amides is 1. The van der Waals surface area contributed by atoms with Crippen LogP contribution in [0.15, 0.2) is 53.7 Å². The van der Waals surface area contributed by atoms with Gasteiger partial charge in [0.05, 0.1) is 18.4 Å². The highest BCUT2D eigenvalue weighted by Gasteiger charge is 2.13. The fraction of sp³-hybridized carbons (Fsp3) is 0.150. The van der Waals surface area contributed by atoms with Crippen molar-refractivity contribution in [2.45, 2.75) is 12.1 Å². The Morgan fingerprint density at radius 3 is 2.71 bits per heavy atom. The molecule has 0 fully saturated rings. The SMILES string of the molecule is COc1ccc(NC(=O)CSc2nnc3cc(C)c4cc(Cl)ccc4n23)cc1. The van der Waals surface area contributed by atoms with Gasteiger partial charge in [0.15, 0.2) is 10.8 Å². The summed E-state index contributed by atoms with van der Waals surface area (Å²) in [7, 11) is 1.60. The second-order valence-electron chi connectivity index (χ2n) is 6.23. The molecule has 28 heavy (non-hydrogen) atoms. The second kappa shape index (κ2) is 7.69. The number of aromatic nitrogens is 3. The van der Waals surface area contributed by atoms with Crippen molar-refractivity contribution >= 4 is 51.5 Å². The molecule has 2 heterocycles. The van der Waals surface area contributed by atoms with E-state index in [9.17, 15) is 4.79 Å². The van der Waals surface area contributed by atoms with Crippen molar-refractivity contribution in [1.82, 2.24) is 14.6 Å². The van der Waals surface area contributed by atoms with Crippen molar-refractivity contribution in [2.75, 3.05) is 18.2 Å². The molecule has 0 bridgehead atoms. The minimum absolute atomic E-state index is 0.119. The van der Waals surface area contributed by atoms with Crippen LogP contribution in [-0.4, -0.2) is 33.4 Å². The summed E-state index contributed by atoms with van der Waals surface area (Å²) in [6.45, 7) is 2.02. The molecular formula is C20H17ClN4O2S. The summed E-state index contributed by atoms with van der Waals surface area (Å²) in [5.41, 5.74) is 3.49. The standard InChI is InChI=1S/C20H17ClN4O2S/c1-12-9-18-23-24-20(25(18)17-8-3-13(21)10-16(12)17)28-11-19(26)22-14-4-6-15(27-2)7-5-14/h3-10H,11H2,1-2H3,(H,22,26). The van der Waals surface area contributed by atoms with Crippen LogP contribution in [0.1, 0.15) is 5.56 Å². The normalized spacial score (nSPS) is 11.1. The number of halogens is 1. The smallest absolute Gasteiger partial charge is 0.234 e. The van der Waals surface area contributed by atoms with E-state index in [1.807, 2.05) is 35.6 Å². The number of nitrogens with zero attached hydrogens (tertiary/aromatic N) is 3. The Kier molecular flexibility index (Phi) is 5.11. The van der Waals surface area contributed by atoms with Gasteiger partial charge < -0.3 is 10.1 Å². The van der Waals surface area contributed by atoms with Crippen LogP contribution < -0.4 is 10.1 Å². The summed E-state index contributed by atoms with van der Waals surface area (Å²) in [6.07, 6.45) is 0. The number of carbonyl (C=O) groups is 1. The molecule has 1 N–H and O–H groups in total. The maximum Gasteiger partial charge on any atom is 0.234 e. The minimum atomic E-state index is -0.119. The molecule has 142 valence electrons. The number of nitrogens with one attached hydrogen (secondary N) is 1. The minimum Gasteiger partial charge on any atom is -0.497 e. The largest absolute Gasteiger partial charge is 0.497 e. The summed E-state index contributed by atoms with van der Waals surface area (Å²) in [6, 6.07) is 14.9. The van der Waals surface area contributed by atoms with E-state index in [2.05, 4.69) is 15.5 Å². The molecule has 2 aromatic heterocycles. The highest BCUT2D eigenvalue weighted by atomic mass is 35.5. The van der Waals surface area contributed by atoms with Gasteiger partial charge in [-0.25, -0.2) is 0 Å². The molecule has 4 rings (SSSR count). The summed E-state index contributed by atoms with van der Waals surface area (Å²) in [4.78, 5) is 12.3. The lowest BCUT2D eigenvalue weighted by atomic mass is 10.1. The zero-order valence-electron chi connectivity index (χ0n) is 15.3. The fourth-order valence-electron chi connectivity index (χ4n) is 2.99. The topological polar surface area (TPSA) is 68.5 Å². The number of anilines is 1. The van der Waals surface area contributed by atoms with Crippen molar-refractivity contribution in [3.05, 3.63) is 59.1 Å². The molecular weight excluding hydrogens is 396 g/mol. The predicted molar refractivity (Wildman–Crippen MR) is 113 cm³/mol. The highest BCUT2D eigenvalue weighted by Crippen LogP contribution is 2.28. The monoisotopic (exact) mass is 412 g/mol. The second-order valence-corrected chi connectivity index (χ2v) is 7.61. The number of hydrogen-bond acceptors (Lipinski definition) is 5. The number of fused-ring (bicyclic) bond motifs is 3. The van der Waals surface area contributed by atoms with Crippen LogP contribution in [0, 0.1) is 6.92 Å². The molecule has 0 spiro atoms. The number of ether oxygens (including phenoxy) is 1. The number of rotatable bonds is 5. The number of pyridine rings is 1. The van der Waals surface area contributed by atoms with E-state index in [1.54, 1.807) is 31.4 Å². The predicted octanol–water partition coefficient (Wildman–Crippen LogP) is 4.58. The van der Waals surface area contributed by atoms with Crippen molar-refractivity contribution in [1.29, 1.82) is 0 Å². The third-order valence-electron chi connectivity index (χ3n) is 4.33. The lowest BCUT2D eigenvalue weighted by Crippen LogP contribution is -2.14. The number of benzene rings is 2. The van der Waals surface area contributed by atoms with Gasteiger partial charge in [-0.3, -0.25) is 9.20 Å². The molecule has 0 saturated carbocycles. The average Bonchev–Trinajstić information content (AvgIpc) is 3.10. The van der Waals surface area contributed by atoms with Crippen molar-refractivity contribution < 1.29 is 9.53 Å². The maximum atomic E-state index is 12.3. The number of carbonyl (C=O) groups excluding carboxylic acids is 1. The van der Waals surface area contributed by atoms with E-state index >= 15 is 0 Å². The van der Waals surface area contributed by atoms with Gasteiger partial charge in [-0.2, -0.15) is 0 Å². The molecule has 0 unspecified atom stereocenters. The van der Waals surface area contributed by atoms with Crippen LogP contribution in [0.5, 0.6) is 5.75 Å². The first-order valence-corrected chi connectivity index (χ1v) is 9.92. The molecule has 8 heteroatoms. The van der Waals surface area contributed by atoms with Gasteiger partial charge in [0.2, 0.25) is 5.91 Å². The van der Waals surface area contributed by atoms with Crippen LogP contribution in [-0.2, 0) is 4.79 Å². The van der Waals surface area contributed by atoms with E-state index in [4.69, 9.17) is 16.3 Å². The van der Waals surface area contributed by atoms with Gasteiger partial charge in [0.25, 0.3) is 0 Å². The van der Waals surface area contributed by atoms with Crippen molar-refractivity contribution in [3.63, 3.8) is 0 Å². The van der Waals surface area contributed by atoms with Crippen LogP contribution >= 0.6 is 23.4 Å². The molecule has 0 aliphatic carbocycles. The summed E-state index contributed by atoms with van der Waals surface area (Å²) >= 11 is 7.48. The third-order valence-corrected chi connectivity index (χ3v) is 5.50. The highest BCUT2D eigenvalue weighted by molar-refractivity contribution is 7.99. The number of thioether (sulfide) groups is 1. The molecule has 0 saturated heterocycles. The van der Waals surface area contributed by atoms with Gasteiger partial charge >= 0.3 is 0 Å². The van der Waals surface area contributed by atoms with Gasteiger partial charge in [0, 0.05) is 16.1 Å². The molecule has 0 aliphatic heterocycles.